The van der Waals surface area contributed by atoms with Gasteiger partial charge in [0.1, 0.15) is 11.5 Å². The number of ether oxygens (including phenoxy) is 2. The number of benzene rings is 2. The second-order valence-electron chi connectivity index (χ2n) is 6.96. The van der Waals surface area contributed by atoms with E-state index in [1.165, 1.54) is 0 Å². The third-order valence-corrected chi connectivity index (χ3v) is 4.65. The predicted molar refractivity (Wildman–Crippen MR) is 116 cm³/mol. The van der Waals surface area contributed by atoms with E-state index in [2.05, 4.69) is 40.6 Å². The molecule has 2 rings (SSSR count). The van der Waals surface area contributed by atoms with Crippen LogP contribution < -0.4 is 20.3 Å². The fourth-order valence-corrected chi connectivity index (χ4v) is 2.84. The van der Waals surface area contributed by atoms with Gasteiger partial charge in [0.2, 0.25) is 0 Å². The number of hydrogen-bond acceptors (Lipinski definition) is 4. The number of nitrogens with one attached hydrogen (secondary N) is 2. The Bertz CT molecular complexity index is 822. The van der Waals surface area contributed by atoms with E-state index in [9.17, 15) is 9.59 Å². The fourth-order valence-electron chi connectivity index (χ4n) is 2.34. The van der Waals surface area contributed by atoms with Gasteiger partial charge in [-0.2, -0.15) is 0 Å². The molecule has 0 atom stereocenters. The SMILES string of the molecule is CCCOc1ccc(C(=O)NNC(=O)c2ccc(OCCC(C)C)cc2)cc1Br. The number of carbonyl (C=O) groups is 2. The quantitative estimate of drug-likeness (QED) is 0.527. The Morgan fingerprint density at radius 2 is 1.55 bits per heavy atom. The molecule has 2 N–H and O–H groups in total. The second kappa shape index (κ2) is 11.5. The van der Waals surface area contributed by atoms with Gasteiger partial charge in [0.25, 0.3) is 11.8 Å². The molecule has 0 saturated carbocycles. The summed E-state index contributed by atoms with van der Waals surface area (Å²) < 4.78 is 11.9. The number of hydrazine groups is 1. The van der Waals surface area contributed by atoms with Crippen LogP contribution in [0.4, 0.5) is 0 Å². The average molecular weight is 463 g/mol. The maximum absolute atomic E-state index is 12.3. The Kier molecular flexibility index (Phi) is 8.99. The Hall–Kier alpha value is -2.54. The average Bonchev–Trinajstić information content (AvgIpc) is 2.71. The summed E-state index contributed by atoms with van der Waals surface area (Å²) >= 11 is 3.39. The van der Waals surface area contributed by atoms with Crippen LogP contribution in [0.25, 0.3) is 0 Å². The van der Waals surface area contributed by atoms with Gasteiger partial charge < -0.3 is 9.47 Å². The maximum Gasteiger partial charge on any atom is 0.269 e. The molecule has 7 heteroatoms. The van der Waals surface area contributed by atoms with E-state index in [1.54, 1.807) is 42.5 Å². The summed E-state index contributed by atoms with van der Waals surface area (Å²) in [5.41, 5.74) is 5.65. The van der Waals surface area contributed by atoms with Crippen LogP contribution in [0, 0.1) is 5.92 Å². The lowest BCUT2D eigenvalue weighted by Crippen LogP contribution is -2.41. The molecular weight excluding hydrogens is 436 g/mol. The standard InChI is InChI=1S/C22H27BrN2O4/c1-4-12-29-20-10-7-17(14-19(20)23)22(27)25-24-21(26)16-5-8-18(9-6-16)28-13-11-15(2)3/h5-10,14-15H,4,11-13H2,1-3H3,(H,24,26)(H,25,27). The van der Waals surface area contributed by atoms with Gasteiger partial charge in [-0.15, -0.1) is 0 Å². The highest BCUT2D eigenvalue weighted by molar-refractivity contribution is 9.10. The molecule has 0 aliphatic heterocycles. The second-order valence-corrected chi connectivity index (χ2v) is 7.81. The topological polar surface area (TPSA) is 76.7 Å². The van der Waals surface area contributed by atoms with Gasteiger partial charge in [0, 0.05) is 11.1 Å². The Balaban J connectivity index is 1.86. The largest absolute Gasteiger partial charge is 0.494 e. The Labute approximate surface area is 180 Å². The molecule has 0 bridgehead atoms. The molecular formula is C22H27BrN2O4. The van der Waals surface area contributed by atoms with E-state index in [1.807, 2.05) is 6.92 Å². The highest BCUT2D eigenvalue weighted by atomic mass is 79.9. The van der Waals surface area contributed by atoms with Gasteiger partial charge >= 0.3 is 0 Å². The molecule has 0 fully saturated rings. The van der Waals surface area contributed by atoms with Crippen LogP contribution in [0.5, 0.6) is 11.5 Å². The van der Waals surface area contributed by atoms with Crippen LogP contribution >= 0.6 is 15.9 Å². The zero-order chi connectivity index (χ0) is 21.2. The molecule has 0 aliphatic rings. The van der Waals surface area contributed by atoms with Crippen molar-refractivity contribution in [3.8, 4) is 11.5 Å². The van der Waals surface area contributed by atoms with Crippen molar-refractivity contribution >= 4 is 27.7 Å². The zero-order valence-electron chi connectivity index (χ0n) is 17.0. The molecule has 2 aromatic carbocycles. The van der Waals surface area contributed by atoms with E-state index in [0.29, 0.717) is 46.2 Å². The molecule has 0 unspecified atom stereocenters. The molecule has 0 heterocycles. The third-order valence-electron chi connectivity index (χ3n) is 4.03. The van der Waals surface area contributed by atoms with Crippen molar-refractivity contribution in [2.45, 2.75) is 33.6 Å². The summed E-state index contributed by atoms with van der Waals surface area (Å²) in [5, 5.41) is 0. The van der Waals surface area contributed by atoms with Crippen LogP contribution in [-0.4, -0.2) is 25.0 Å². The third kappa shape index (κ3) is 7.42. The number of rotatable bonds is 9. The first-order valence-electron chi connectivity index (χ1n) is 9.66. The molecule has 6 nitrogen and oxygen atoms in total. The van der Waals surface area contributed by atoms with Crippen molar-refractivity contribution in [1.82, 2.24) is 10.9 Å². The fraction of sp³-hybridized carbons (Fsp3) is 0.364. The van der Waals surface area contributed by atoms with Crippen LogP contribution in [-0.2, 0) is 0 Å². The molecule has 2 aromatic rings. The van der Waals surface area contributed by atoms with Gasteiger partial charge in [-0.25, -0.2) is 0 Å². The predicted octanol–water partition coefficient (Wildman–Crippen LogP) is 4.74. The van der Waals surface area contributed by atoms with Crippen LogP contribution in [0.1, 0.15) is 54.3 Å². The molecule has 0 spiro atoms. The van der Waals surface area contributed by atoms with Crippen molar-refractivity contribution in [1.29, 1.82) is 0 Å². The van der Waals surface area contributed by atoms with E-state index in [0.717, 1.165) is 12.8 Å². The molecule has 156 valence electrons. The molecule has 0 saturated heterocycles. The maximum atomic E-state index is 12.3. The van der Waals surface area contributed by atoms with Crippen molar-refractivity contribution < 1.29 is 19.1 Å². The van der Waals surface area contributed by atoms with Crippen molar-refractivity contribution in [3.05, 3.63) is 58.1 Å². The number of halogens is 1. The molecule has 0 aliphatic carbocycles. The minimum Gasteiger partial charge on any atom is -0.494 e. The molecule has 0 radical (unpaired) electrons. The smallest absolute Gasteiger partial charge is 0.269 e. The first-order valence-corrected chi connectivity index (χ1v) is 10.5. The number of carbonyl (C=O) groups excluding carboxylic acids is 2. The molecule has 29 heavy (non-hydrogen) atoms. The lowest BCUT2D eigenvalue weighted by atomic mass is 10.1. The van der Waals surface area contributed by atoms with Gasteiger partial charge in [-0.05, 0) is 77.2 Å². The normalized spacial score (nSPS) is 10.5. The highest BCUT2D eigenvalue weighted by Gasteiger charge is 2.11. The van der Waals surface area contributed by atoms with Crippen molar-refractivity contribution in [2.24, 2.45) is 5.92 Å². The summed E-state index contributed by atoms with van der Waals surface area (Å²) in [4.78, 5) is 24.5. The Morgan fingerprint density at radius 1 is 0.931 bits per heavy atom. The van der Waals surface area contributed by atoms with E-state index < -0.39 is 11.8 Å². The molecule has 0 aromatic heterocycles. The minimum absolute atomic E-state index is 0.398. The Morgan fingerprint density at radius 3 is 2.14 bits per heavy atom. The lowest BCUT2D eigenvalue weighted by Gasteiger charge is -2.11. The van der Waals surface area contributed by atoms with E-state index in [4.69, 9.17) is 9.47 Å². The molecule has 2 amide bonds. The zero-order valence-corrected chi connectivity index (χ0v) is 18.5. The highest BCUT2D eigenvalue weighted by Crippen LogP contribution is 2.26. The van der Waals surface area contributed by atoms with Gasteiger partial charge in [-0.1, -0.05) is 20.8 Å². The summed E-state index contributed by atoms with van der Waals surface area (Å²) in [6, 6.07) is 11.8. The monoisotopic (exact) mass is 462 g/mol. The summed E-state index contributed by atoms with van der Waals surface area (Å²) in [6.07, 6.45) is 1.86. The van der Waals surface area contributed by atoms with Gasteiger partial charge in [0.05, 0.1) is 17.7 Å². The van der Waals surface area contributed by atoms with Gasteiger partial charge in [-0.3, -0.25) is 20.4 Å². The van der Waals surface area contributed by atoms with Gasteiger partial charge in [0.15, 0.2) is 0 Å². The lowest BCUT2D eigenvalue weighted by molar-refractivity contribution is 0.0846. The van der Waals surface area contributed by atoms with Crippen LogP contribution in [0.2, 0.25) is 0 Å². The first kappa shape index (κ1) is 22.7. The van der Waals surface area contributed by atoms with Crippen molar-refractivity contribution in [3.63, 3.8) is 0 Å². The number of hydrogen-bond donors (Lipinski definition) is 2. The summed E-state index contributed by atoms with van der Waals surface area (Å²) in [7, 11) is 0. The van der Waals surface area contributed by atoms with Crippen molar-refractivity contribution in [2.75, 3.05) is 13.2 Å². The van der Waals surface area contributed by atoms with E-state index >= 15 is 0 Å². The van der Waals surface area contributed by atoms with Crippen LogP contribution in [0.15, 0.2) is 46.9 Å². The first-order chi connectivity index (χ1) is 13.9. The van der Waals surface area contributed by atoms with Crippen LogP contribution in [0.3, 0.4) is 0 Å². The van der Waals surface area contributed by atoms with E-state index in [-0.39, 0.29) is 0 Å². The summed E-state index contributed by atoms with van der Waals surface area (Å²) in [5.74, 6) is 1.12. The minimum atomic E-state index is -0.422. The number of amides is 2. The summed E-state index contributed by atoms with van der Waals surface area (Å²) in [6.45, 7) is 7.53.